The summed E-state index contributed by atoms with van der Waals surface area (Å²) in [6, 6.07) is 12.9. The molecular formula is C21H25N3O4. The van der Waals surface area contributed by atoms with Gasteiger partial charge in [-0.1, -0.05) is 24.3 Å². The summed E-state index contributed by atoms with van der Waals surface area (Å²) < 4.78 is 5.39. The highest BCUT2D eigenvalue weighted by atomic mass is 16.5. The van der Waals surface area contributed by atoms with Gasteiger partial charge in [-0.25, -0.2) is 0 Å². The van der Waals surface area contributed by atoms with E-state index in [1.54, 1.807) is 6.07 Å². The maximum atomic E-state index is 11.9. The van der Waals surface area contributed by atoms with Gasteiger partial charge in [0.2, 0.25) is 11.8 Å². The Morgan fingerprint density at radius 3 is 2.18 bits per heavy atom. The van der Waals surface area contributed by atoms with Crippen LogP contribution in [0, 0.1) is 20.8 Å². The van der Waals surface area contributed by atoms with Crippen molar-refractivity contribution in [2.75, 3.05) is 11.9 Å². The number of benzene rings is 2. The number of hydrogen-bond acceptors (Lipinski definition) is 4. The van der Waals surface area contributed by atoms with Crippen molar-refractivity contribution in [3.8, 4) is 5.75 Å². The van der Waals surface area contributed by atoms with Crippen LogP contribution in [0.5, 0.6) is 5.75 Å². The van der Waals surface area contributed by atoms with E-state index in [9.17, 15) is 14.4 Å². The number of carbonyl (C=O) groups is 3. The first-order chi connectivity index (χ1) is 13.3. The van der Waals surface area contributed by atoms with Crippen LogP contribution in [0.15, 0.2) is 42.5 Å². The van der Waals surface area contributed by atoms with Gasteiger partial charge in [-0.15, -0.1) is 0 Å². The molecule has 0 atom stereocenters. The van der Waals surface area contributed by atoms with Gasteiger partial charge in [0, 0.05) is 18.5 Å². The molecule has 2 rings (SSSR count). The number of hydrazine groups is 1. The van der Waals surface area contributed by atoms with E-state index in [2.05, 4.69) is 16.2 Å². The molecular weight excluding hydrogens is 358 g/mol. The molecule has 0 heterocycles. The molecule has 0 aliphatic carbocycles. The quantitative estimate of drug-likeness (QED) is 0.640. The Morgan fingerprint density at radius 2 is 1.46 bits per heavy atom. The van der Waals surface area contributed by atoms with Crippen molar-refractivity contribution in [1.29, 1.82) is 0 Å². The molecule has 0 fully saturated rings. The van der Waals surface area contributed by atoms with Crippen molar-refractivity contribution >= 4 is 23.4 Å². The predicted molar refractivity (Wildman–Crippen MR) is 107 cm³/mol. The zero-order valence-electron chi connectivity index (χ0n) is 16.3. The number of ether oxygens (including phenoxy) is 1. The summed E-state index contributed by atoms with van der Waals surface area (Å²) in [5, 5.41) is 2.75. The first-order valence-corrected chi connectivity index (χ1v) is 8.98. The lowest BCUT2D eigenvalue weighted by molar-refractivity contribution is -0.130. The van der Waals surface area contributed by atoms with Gasteiger partial charge >= 0.3 is 0 Å². The summed E-state index contributed by atoms with van der Waals surface area (Å²) >= 11 is 0. The molecule has 0 spiro atoms. The zero-order chi connectivity index (χ0) is 20.5. The van der Waals surface area contributed by atoms with Gasteiger partial charge in [0.15, 0.2) is 6.61 Å². The zero-order valence-corrected chi connectivity index (χ0v) is 16.3. The summed E-state index contributed by atoms with van der Waals surface area (Å²) in [5.41, 5.74) is 8.35. The fraction of sp³-hybridized carbons (Fsp3) is 0.286. The number of rotatable bonds is 7. The molecule has 0 aliphatic heterocycles. The SMILES string of the molecule is Cc1ccc(NC(=O)CCC(=O)NNC(=O)COc2ccccc2C)cc1C. The fourth-order valence-electron chi connectivity index (χ4n) is 2.37. The van der Waals surface area contributed by atoms with Crippen LogP contribution in [0.25, 0.3) is 0 Å². The van der Waals surface area contributed by atoms with E-state index < -0.39 is 11.8 Å². The molecule has 0 bridgehead atoms. The normalized spacial score (nSPS) is 10.1. The number of anilines is 1. The van der Waals surface area contributed by atoms with Crippen molar-refractivity contribution < 1.29 is 19.1 Å². The Balaban J connectivity index is 1.66. The van der Waals surface area contributed by atoms with Crippen molar-refractivity contribution in [2.24, 2.45) is 0 Å². The Morgan fingerprint density at radius 1 is 0.786 bits per heavy atom. The van der Waals surface area contributed by atoms with Crippen LogP contribution in [0.2, 0.25) is 0 Å². The predicted octanol–water partition coefficient (Wildman–Crippen LogP) is 2.56. The van der Waals surface area contributed by atoms with Crippen LogP contribution in [-0.4, -0.2) is 24.3 Å². The summed E-state index contributed by atoms with van der Waals surface area (Å²) in [6.07, 6.45) is -0.0378. The van der Waals surface area contributed by atoms with E-state index >= 15 is 0 Å². The molecule has 2 aromatic carbocycles. The molecule has 7 nitrogen and oxygen atoms in total. The second-order valence-corrected chi connectivity index (χ2v) is 6.50. The Labute approximate surface area is 164 Å². The molecule has 3 N–H and O–H groups in total. The van der Waals surface area contributed by atoms with Gasteiger partial charge in [0.1, 0.15) is 5.75 Å². The minimum absolute atomic E-state index is 0.00827. The molecule has 0 saturated heterocycles. The average molecular weight is 383 g/mol. The number of nitrogens with one attached hydrogen (secondary N) is 3. The van der Waals surface area contributed by atoms with Crippen LogP contribution in [0.4, 0.5) is 5.69 Å². The van der Waals surface area contributed by atoms with E-state index in [0.717, 1.165) is 16.7 Å². The monoisotopic (exact) mass is 383 g/mol. The summed E-state index contributed by atoms with van der Waals surface area (Å²) in [4.78, 5) is 35.5. The molecule has 3 amide bonds. The van der Waals surface area contributed by atoms with E-state index in [1.165, 1.54) is 0 Å². The van der Waals surface area contributed by atoms with Gasteiger partial charge in [-0.3, -0.25) is 25.2 Å². The maximum absolute atomic E-state index is 11.9. The third kappa shape index (κ3) is 6.75. The first kappa shape index (κ1) is 21.0. The standard InChI is InChI=1S/C21H25N3O4/c1-14-8-9-17(12-16(14)3)22-19(25)10-11-20(26)23-24-21(27)13-28-18-7-5-4-6-15(18)2/h4-9,12H,10-11,13H2,1-3H3,(H,22,25)(H,23,26)(H,24,27). The van der Waals surface area contributed by atoms with Gasteiger partial charge in [0.05, 0.1) is 0 Å². The van der Waals surface area contributed by atoms with Gasteiger partial charge in [0.25, 0.3) is 5.91 Å². The molecule has 0 unspecified atom stereocenters. The average Bonchev–Trinajstić information content (AvgIpc) is 2.67. The van der Waals surface area contributed by atoms with Crippen LogP contribution >= 0.6 is 0 Å². The minimum Gasteiger partial charge on any atom is -0.483 e. The van der Waals surface area contributed by atoms with E-state index in [-0.39, 0.29) is 25.4 Å². The van der Waals surface area contributed by atoms with Crippen molar-refractivity contribution in [2.45, 2.75) is 33.6 Å². The molecule has 28 heavy (non-hydrogen) atoms. The molecule has 7 heteroatoms. The summed E-state index contributed by atoms with van der Waals surface area (Å²) in [6.45, 7) is 5.60. The fourth-order valence-corrected chi connectivity index (χ4v) is 2.37. The largest absolute Gasteiger partial charge is 0.483 e. The highest BCUT2D eigenvalue weighted by Crippen LogP contribution is 2.16. The third-order valence-electron chi connectivity index (χ3n) is 4.16. The van der Waals surface area contributed by atoms with Crippen LogP contribution in [-0.2, 0) is 14.4 Å². The third-order valence-corrected chi connectivity index (χ3v) is 4.16. The smallest absolute Gasteiger partial charge is 0.276 e. The van der Waals surface area contributed by atoms with E-state index in [0.29, 0.717) is 11.4 Å². The minimum atomic E-state index is -0.490. The number of carbonyl (C=O) groups excluding carboxylic acids is 3. The summed E-state index contributed by atoms with van der Waals surface area (Å²) in [7, 11) is 0. The van der Waals surface area contributed by atoms with Crippen LogP contribution in [0.1, 0.15) is 29.5 Å². The van der Waals surface area contributed by atoms with E-state index in [1.807, 2.05) is 57.2 Å². The second kappa shape index (κ2) is 10.1. The Kier molecular flexibility index (Phi) is 7.56. The molecule has 148 valence electrons. The number of hydrogen-bond donors (Lipinski definition) is 3. The van der Waals surface area contributed by atoms with Gasteiger partial charge in [-0.05, 0) is 55.7 Å². The Hall–Kier alpha value is -3.35. The lowest BCUT2D eigenvalue weighted by atomic mass is 10.1. The number of para-hydroxylation sites is 1. The van der Waals surface area contributed by atoms with Crippen molar-refractivity contribution in [1.82, 2.24) is 10.9 Å². The van der Waals surface area contributed by atoms with Crippen molar-refractivity contribution in [3.63, 3.8) is 0 Å². The van der Waals surface area contributed by atoms with Gasteiger partial charge in [-0.2, -0.15) is 0 Å². The van der Waals surface area contributed by atoms with E-state index in [4.69, 9.17) is 4.74 Å². The Bertz CT molecular complexity index is 864. The lowest BCUT2D eigenvalue weighted by Crippen LogP contribution is -2.44. The molecule has 0 saturated carbocycles. The maximum Gasteiger partial charge on any atom is 0.276 e. The first-order valence-electron chi connectivity index (χ1n) is 8.98. The number of aryl methyl sites for hydroxylation is 3. The lowest BCUT2D eigenvalue weighted by Gasteiger charge is -2.10. The molecule has 2 aromatic rings. The topological polar surface area (TPSA) is 96.5 Å². The molecule has 0 radical (unpaired) electrons. The highest BCUT2D eigenvalue weighted by molar-refractivity contribution is 5.93. The highest BCUT2D eigenvalue weighted by Gasteiger charge is 2.10. The van der Waals surface area contributed by atoms with Crippen molar-refractivity contribution in [3.05, 3.63) is 59.2 Å². The van der Waals surface area contributed by atoms with Gasteiger partial charge < -0.3 is 10.1 Å². The number of amides is 3. The van der Waals surface area contributed by atoms with Crippen LogP contribution in [0.3, 0.4) is 0 Å². The second-order valence-electron chi connectivity index (χ2n) is 6.50. The summed E-state index contributed by atoms with van der Waals surface area (Å²) in [5.74, 6) is -0.615. The van der Waals surface area contributed by atoms with Crippen LogP contribution < -0.4 is 20.9 Å². The molecule has 0 aliphatic rings. The molecule has 0 aromatic heterocycles.